The number of nitrogens with two attached hydrogens (primary N) is 1. The van der Waals surface area contributed by atoms with E-state index in [4.69, 9.17) is 10.5 Å². The van der Waals surface area contributed by atoms with Crippen LogP contribution in [0.1, 0.15) is 45.4 Å². The van der Waals surface area contributed by atoms with Crippen LogP contribution < -0.4 is 11.1 Å². The molecule has 0 saturated carbocycles. The molecule has 1 aromatic heterocycles. The molecule has 0 aliphatic heterocycles. The molecule has 0 aliphatic carbocycles. The Kier molecular flexibility index (Phi) is 4.58. The van der Waals surface area contributed by atoms with E-state index in [1.165, 1.54) is 0 Å². The topological polar surface area (TPSA) is 93.0 Å². The van der Waals surface area contributed by atoms with E-state index in [9.17, 15) is 4.79 Å². The van der Waals surface area contributed by atoms with Crippen molar-refractivity contribution in [1.82, 2.24) is 15.5 Å². The molecule has 0 fully saturated rings. The van der Waals surface area contributed by atoms with Gasteiger partial charge < -0.3 is 15.8 Å². The zero-order chi connectivity index (χ0) is 13.8. The maximum Gasteiger partial charge on any atom is 0.407 e. The fourth-order valence-corrected chi connectivity index (χ4v) is 1.55. The summed E-state index contributed by atoms with van der Waals surface area (Å²) in [6.07, 6.45) is 1.39. The van der Waals surface area contributed by atoms with Gasteiger partial charge in [-0.05, 0) is 27.2 Å². The van der Waals surface area contributed by atoms with Crippen molar-refractivity contribution in [3.63, 3.8) is 0 Å². The second kappa shape index (κ2) is 5.75. The lowest BCUT2D eigenvalue weighted by Crippen LogP contribution is -2.32. The summed E-state index contributed by atoms with van der Waals surface area (Å²) >= 11 is 0. The molecule has 18 heavy (non-hydrogen) atoms. The SMILES string of the molecule is CCCc1[nH]nc(N)c1CNC(=O)OC(C)(C)C. The van der Waals surface area contributed by atoms with Gasteiger partial charge >= 0.3 is 6.09 Å². The van der Waals surface area contributed by atoms with E-state index in [2.05, 4.69) is 22.4 Å². The van der Waals surface area contributed by atoms with Crippen molar-refractivity contribution in [1.29, 1.82) is 0 Å². The number of carbonyl (C=O) groups excluding carboxylic acids is 1. The van der Waals surface area contributed by atoms with Gasteiger partial charge in [0.25, 0.3) is 0 Å². The van der Waals surface area contributed by atoms with Gasteiger partial charge in [0.05, 0.1) is 6.54 Å². The highest BCUT2D eigenvalue weighted by Gasteiger charge is 2.17. The highest BCUT2D eigenvalue weighted by atomic mass is 16.6. The van der Waals surface area contributed by atoms with E-state index in [1.54, 1.807) is 0 Å². The van der Waals surface area contributed by atoms with Gasteiger partial charge in [0, 0.05) is 11.3 Å². The fraction of sp³-hybridized carbons (Fsp3) is 0.667. The average Bonchev–Trinajstić information content (AvgIpc) is 2.55. The number of rotatable bonds is 4. The van der Waals surface area contributed by atoms with Crippen LogP contribution in [0.4, 0.5) is 10.6 Å². The molecule has 6 nitrogen and oxygen atoms in total. The van der Waals surface area contributed by atoms with Crippen LogP contribution in [-0.4, -0.2) is 21.9 Å². The minimum absolute atomic E-state index is 0.326. The first-order valence-electron chi connectivity index (χ1n) is 6.12. The molecule has 102 valence electrons. The largest absolute Gasteiger partial charge is 0.444 e. The predicted molar refractivity (Wildman–Crippen MR) is 70.1 cm³/mol. The molecule has 0 saturated heterocycles. The van der Waals surface area contributed by atoms with Gasteiger partial charge in [-0.1, -0.05) is 13.3 Å². The molecule has 0 aromatic carbocycles. The third-order valence-corrected chi connectivity index (χ3v) is 2.29. The Labute approximate surface area is 107 Å². The van der Waals surface area contributed by atoms with Crippen molar-refractivity contribution in [2.45, 2.75) is 52.7 Å². The lowest BCUT2D eigenvalue weighted by molar-refractivity contribution is 0.0523. The van der Waals surface area contributed by atoms with E-state index < -0.39 is 11.7 Å². The van der Waals surface area contributed by atoms with Gasteiger partial charge in [-0.3, -0.25) is 5.10 Å². The number of aromatic nitrogens is 2. The van der Waals surface area contributed by atoms with Crippen molar-refractivity contribution >= 4 is 11.9 Å². The van der Waals surface area contributed by atoms with Gasteiger partial charge in [0.15, 0.2) is 0 Å². The molecule has 6 heteroatoms. The summed E-state index contributed by atoms with van der Waals surface area (Å²) in [6, 6.07) is 0. The van der Waals surface area contributed by atoms with E-state index in [0.717, 1.165) is 24.1 Å². The van der Waals surface area contributed by atoms with Crippen LogP contribution in [0.3, 0.4) is 0 Å². The van der Waals surface area contributed by atoms with Crippen LogP contribution in [0, 0.1) is 0 Å². The number of hydrogen-bond acceptors (Lipinski definition) is 4. The van der Waals surface area contributed by atoms with Crippen LogP contribution >= 0.6 is 0 Å². The third-order valence-electron chi connectivity index (χ3n) is 2.29. The number of anilines is 1. The highest BCUT2D eigenvalue weighted by molar-refractivity contribution is 5.68. The van der Waals surface area contributed by atoms with Crippen LogP contribution in [-0.2, 0) is 17.7 Å². The van der Waals surface area contributed by atoms with Gasteiger partial charge in [-0.2, -0.15) is 5.10 Å². The summed E-state index contributed by atoms with van der Waals surface area (Å²) in [6.45, 7) is 7.86. The van der Waals surface area contributed by atoms with E-state index in [0.29, 0.717) is 12.4 Å². The van der Waals surface area contributed by atoms with Crippen molar-refractivity contribution in [2.75, 3.05) is 5.73 Å². The summed E-state index contributed by atoms with van der Waals surface area (Å²) in [5.41, 5.74) is 7.05. The van der Waals surface area contributed by atoms with Gasteiger partial charge in [0.2, 0.25) is 0 Å². The first-order chi connectivity index (χ1) is 8.33. The Morgan fingerprint density at radius 2 is 2.17 bits per heavy atom. The zero-order valence-electron chi connectivity index (χ0n) is 11.5. The quantitative estimate of drug-likeness (QED) is 0.765. The Hall–Kier alpha value is -1.72. The minimum Gasteiger partial charge on any atom is -0.444 e. The van der Waals surface area contributed by atoms with Crippen molar-refractivity contribution < 1.29 is 9.53 Å². The Balaban J connectivity index is 2.58. The number of aryl methyl sites for hydroxylation is 1. The Morgan fingerprint density at radius 3 is 2.72 bits per heavy atom. The van der Waals surface area contributed by atoms with Crippen molar-refractivity contribution in [3.8, 4) is 0 Å². The van der Waals surface area contributed by atoms with E-state index >= 15 is 0 Å². The predicted octanol–water partition coefficient (Wildman–Crippen LogP) is 1.97. The number of amides is 1. The monoisotopic (exact) mass is 254 g/mol. The number of nitrogen functional groups attached to an aromatic ring is 1. The van der Waals surface area contributed by atoms with Crippen LogP contribution in [0.2, 0.25) is 0 Å². The first kappa shape index (κ1) is 14.3. The summed E-state index contributed by atoms with van der Waals surface area (Å²) < 4.78 is 5.15. The number of hydrogen-bond donors (Lipinski definition) is 3. The van der Waals surface area contributed by atoms with E-state index in [-0.39, 0.29) is 0 Å². The molecule has 0 radical (unpaired) electrons. The Morgan fingerprint density at radius 1 is 1.50 bits per heavy atom. The number of nitrogens with one attached hydrogen (secondary N) is 2. The molecule has 1 aromatic rings. The summed E-state index contributed by atoms with van der Waals surface area (Å²) in [4.78, 5) is 11.5. The minimum atomic E-state index is -0.502. The Bertz CT molecular complexity index is 407. The molecule has 1 amide bonds. The normalized spacial score (nSPS) is 11.3. The number of ether oxygens (including phenoxy) is 1. The molecule has 0 bridgehead atoms. The number of carbonyl (C=O) groups is 1. The summed E-state index contributed by atoms with van der Waals surface area (Å²) in [5.74, 6) is 0.425. The zero-order valence-corrected chi connectivity index (χ0v) is 11.5. The second-order valence-corrected chi connectivity index (χ2v) is 5.17. The molecular formula is C12H22N4O2. The van der Waals surface area contributed by atoms with E-state index in [1.807, 2.05) is 20.8 Å². The number of nitrogens with zero attached hydrogens (tertiary/aromatic N) is 1. The molecule has 0 aliphatic rings. The highest BCUT2D eigenvalue weighted by Crippen LogP contribution is 2.15. The molecule has 0 spiro atoms. The van der Waals surface area contributed by atoms with Crippen LogP contribution in [0.15, 0.2) is 0 Å². The smallest absolute Gasteiger partial charge is 0.407 e. The number of H-pyrrole nitrogens is 1. The van der Waals surface area contributed by atoms with Gasteiger partial charge in [-0.15, -0.1) is 0 Å². The molecule has 0 unspecified atom stereocenters. The standard InChI is InChI=1S/C12H22N4O2/c1-5-6-9-8(10(13)16-15-9)7-14-11(17)18-12(2,3)4/h5-7H2,1-4H3,(H,14,17)(H3,13,15,16). The number of alkyl carbamates (subject to hydrolysis) is 1. The average molecular weight is 254 g/mol. The maximum absolute atomic E-state index is 11.5. The van der Waals surface area contributed by atoms with Gasteiger partial charge in [-0.25, -0.2) is 4.79 Å². The molecular weight excluding hydrogens is 232 g/mol. The molecule has 0 atom stereocenters. The number of aromatic amines is 1. The lowest BCUT2D eigenvalue weighted by atomic mass is 10.1. The third kappa shape index (κ3) is 4.27. The maximum atomic E-state index is 11.5. The second-order valence-electron chi connectivity index (χ2n) is 5.17. The van der Waals surface area contributed by atoms with Crippen LogP contribution in [0.25, 0.3) is 0 Å². The molecule has 1 heterocycles. The van der Waals surface area contributed by atoms with Crippen molar-refractivity contribution in [2.24, 2.45) is 0 Å². The van der Waals surface area contributed by atoms with Crippen LogP contribution in [0.5, 0.6) is 0 Å². The fourth-order valence-electron chi connectivity index (χ4n) is 1.55. The van der Waals surface area contributed by atoms with Gasteiger partial charge in [0.1, 0.15) is 11.4 Å². The summed E-state index contributed by atoms with van der Waals surface area (Å²) in [5, 5.41) is 9.51. The lowest BCUT2D eigenvalue weighted by Gasteiger charge is -2.19. The summed E-state index contributed by atoms with van der Waals surface area (Å²) in [7, 11) is 0. The first-order valence-corrected chi connectivity index (χ1v) is 6.12. The van der Waals surface area contributed by atoms with Crippen molar-refractivity contribution in [3.05, 3.63) is 11.3 Å². The molecule has 1 rings (SSSR count). The molecule has 4 N–H and O–H groups in total.